The minimum absolute atomic E-state index is 0.239. The van der Waals surface area contributed by atoms with Crippen molar-refractivity contribution in [1.29, 1.82) is 0 Å². The molecule has 3 heterocycles. The summed E-state index contributed by atoms with van der Waals surface area (Å²) in [4.78, 5) is 12.8. The van der Waals surface area contributed by atoms with E-state index in [9.17, 15) is 5.11 Å². The van der Waals surface area contributed by atoms with E-state index in [2.05, 4.69) is 15.0 Å². The number of nitrogens with zero attached hydrogens (tertiary/aromatic N) is 3. The molecule has 0 aliphatic carbocycles. The van der Waals surface area contributed by atoms with Crippen LogP contribution in [-0.4, -0.2) is 38.2 Å². The Bertz CT molecular complexity index is 1480. The van der Waals surface area contributed by atoms with Crippen molar-refractivity contribution in [2.24, 2.45) is 0 Å². The van der Waals surface area contributed by atoms with E-state index >= 15 is 0 Å². The predicted molar refractivity (Wildman–Crippen MR) is 134 cm³/mol. The SMILES string of the molecule is Oc1cccc2cccnc12.c1cnc2c([O][Ga][O]c3cccc4cccnc34)cccc2c1. The molecular formula is C27H19GaN3O3. The first kappa shape index (κ1) is 21.8. The summed E-state index contributed by atoms with van der Waals surface area (Å²) in [6.45, 7) is 0. The van der Waals surface area contributed by atoms with Crippen LogP contribution in [0.1, 0.15) is 0 Å². The van der Waals surface area contributed by atoms with Gasteiger partial charge in [-0.05, 0) is 12.1 Å². The molecule has 3 aromatic heterocycles. The fourth-order valence-corrected chi connectivity index (χ4v) is 4.89. The van der Waals surface area contributed by atoms with E-state index in [1.165, 1.54) is 0 Å². The first-order valence-corrected chi connectivity index (χ1v) is 12.6. The van der Waals surface area contributed by atoms with Crippen molar-refractivity contribution in [2.45, 2.75) is 0 Å². The number of fused-ring (bicyclic) bond motifs is 3. The van der Waals surface area contributed by atoms with Crippen molar-refractivity contribution in [3.05, 3.63) is 110 Å². The summed E-state index contributed by atoms with van der Waals surface area (Å²) in [7, 11) is 0. The number of rotatable bonds is 4. The Balaban J connectivity index is 0.000000183. The van der Waals surface area contributed by atoms with Gasteiger partial charge in [-0.3, -0.25) is 4.98 Å². The molecule has 0 saturated heterocycles. The van der Waals surface area contributed by atoms with Crippen LogP contribution in [0.3, 0.4) is 0 Å². The standard InChI is InChI=1S/3C9H7NO.Ga/c3*11-8-5-1-3-7-4-2-6-10-9(7)8;/h3*1-6,11H;/q;;;+2/p-2. The van der Waals surface area contributed by atoms with Crippen LogP contribution in [0.2, 0.25) is 0 Å². The molecule has 6 aromatic rings. The third kappa shape index (κ3) is 4.80. The van der Waals surface area contributed by atoms with Crippen molar-refractivity contribution >= 4 is 50.8 Å². The van der Waals surface area contributed by atoms with Crippen molar-refractivity contribution < 1.29 is 12.2 Å². The van der Waals surface area contributed by atoms with Gasteiger partial charge in [-0.2, -0.15) is 0 Å². The molecule has 1 N–H and O–H groups in total. The van der Waals surface area contributed by atoms with E-state index in [0.29, 0.717) is 5.52 Å². The molecule has 34 heavy (non-hydrogen) atoms. The molecule has 6 nitrogen and oxygen atoms in total. The molecule has 163 valence electrons. The molecule has 0 saturated carbocycles. The Morgan fingerprint density at radius 1 is 0.500 bits per heavy atom. The van der Waals surface area contributed by atoms with E-state index in [0.717, 1.165) is 38.7 Å². The average Bonchev–Trinajstić information content (AvgIpc) is 2.90. The second-order valence-corrected chi connectivity index (χ2v) is 8.74. The second kappa shape index (κ2) is 10.2. The second-order valence-electron chi connectivity index (χ2n) is 7.35. The molecule has 7 heteroatoms. The number of benzene rings is 3. The van der Waals surface area contributed by atoms with E-state index < -0.39 is 18.1 Å². The van der Waals surface area contributed by atoms with Crippen LogP contribution < -0.4 is 7.06 Å². The quantitative estimate of drug-likeness (QED) is 0.311. The zero-order valence-corrected chi connectivity index (χ0v) is 20.5. The van der Waals surface area contributed by atoms with Crippen LogP contribution >= 0.6 is 0 Å². The van der Waals surface area contributed by atoms with E-state index in [1.54, 1.807) is 30.7 Å². The Morgan fingerprint density at radius 3 is 1.41 bits per heavy atom. The molecule has 0 atom stereocenters. The summed E-state index contributed by atoms with van der Waals surface area (Å²) < 4.78 is 11.8. The summed E-state index contributed by atoms with van der Waals surface area (Å²) in [5.74, 6) is 1.79. The summed E-state index contributed by atoms with van der Waals surface area (Å²) in [6.07, 6.45) is 5.21. The van der Waals surface area contributed by atoms with Crippen molar-refractivity contribution in [2.75, 3.05) is 0 Å². The van der Waals surface area contributed by atoms with Crippen molar-refractivity contribution in [3.8, 4) is 17.2 Å². The van der Waals surface area contributed by atoms with Gasteiger partial charge in [-0.1, -0.05) is 18.2 Å². The summed E-state index contributed by atoms with van der Waals surface area (Å²) >= 11 is -1.41. The molecule has 0 amide bonds. The van der Waals surface area contributed by atoms with E-state index in [1.807, 2.05) is 78.9 Å². The number of aromatic nitrogens is 3. The molecule has 0 bridgehead atoms. The third-order valence-electron chi connectivity index (χ3n) is 5.15. The number of phenols is 1. The van der Waals surface area contributed by atoms with Gasteiger partial charge >= 0.3 is 142 Å². The molecule has 0 aliphatic heterocycles. The van der Waals surface area contributed by atoms with Crippen LogP contribution in [0.4, 0.5) is 0 Å². The monoisotopic (exact) mass is 502 g/mol. The zero-order chi connectivity index (χ0) is 23.2. The van der Waals surface area contributed by atoms with Gasteiger partial charge in [0.2, 0.25) is 0 Å². The number of para-hydroxylation sites is 3. The third-order valence-corrected chi connectivity index (χ3v) is 6.62. The maximum atomic E-state index is 9.31. The normalized spacial score (nSPS) is 10.5. The van der Waals surface area contributed by atoms with Gasteiger partial charge in [0.15, 0.2) is 0 Å². The van der Waals surface area contributed by atoms with Gasteiger partial charge in [0, 0.05) is 11.6 Å². The number of aromatic hydroxyl groups is 1. The summed E-state index contributed by atoms with van der Waals surface area (Å²) in [5, 5.41) is 12.4. The number of phenolic OH excluding ortho intramolecular Hbond substituents is 1. The van der Waals surface area contributed by atoms with Gasteiger partial charge < -0.3 is 5.11 Å². The molecular weight excluding hydrogens is 484 g/mol. The van der Waals surface area contributed by atoms with Crippen LogP contribution in [0, 0.1) is 0 Å². The van der Waals surface area contributed by atoms with E-state index in [-0.39, 0.29) is 5.75 Å². The Hall–Kier alpha value is -4.07. The Labute approximate surface area is 204 Å². The summed E-state index contributed by atoms with van der Waals surface area (Å²) in [5.41, 5.74) is 2.40. The van der Waals surface area contributed by atoms with Crippen LogP contribution in [-0.2, 0) is 0 Å². The summed E-state index contributed by atoms with van der Waals surface area (Å²) in [6, 6.07) is 28.8. The van der Waals surface area contributed by atoms with Crippen molar-refractivity contribution in [3.63, 3.8) is 0 Å². The molecule has 6 rings (SSSR count). The fourth-order valence-electron chi connectivity index (χ4n) is 3.56. The first-order chi connectivity index (χ1) is 16.8. The molecule has 0 fully saturated rings. The van der Waals surface area contributed by atoms with Crippen molar-refractivity contribution in [1.82, 2.24) is 15.0 Å². The number of hydrogen-bond acceptors (Lipinski definition) is 6. The molecule has 0 spiro atoms. The first-order valence-electron chi connectivity index (χ1n) is 10.6. The maximum absolute atomic E-state index is 9.31. The Morgan fingerprint density at radius 2 is 0.912 bits per heavy atom. The number of pyridine rings is 3. The van der Waals surface area contributed by atoms with E-state index in [4.69, 9.17) is 7.06 Å². The predicted octanol–water partition coefficient (Wildman–Crippen LogP) is 5.72. The Kier molecular flexibility index (Phi) is 6.56. The topological polar surface area (TPSA) is 77.4 Å². The molecule has 3 aromatic carbocycles. The molecule has 0 aliphatic rings. The van der Waals surface area contributed by atoms with Gasteiger partial charge in [0.25, 0.3) is 0 Å². The number of hydrogen-bond donors (Lipinski definition) is 1. The minimum atomic E-state index is -1.41. The average molecular weight is 503 g/mol. The fraction of sp³-hybridized carbons (Fsp3) is 0. The zero-order valence-electron chi connectivity index (χ0n) is 18.1. The van der Waals surface area contributed by atoms with Crippen LogP contribution in [0.25, 0.3) is 32.7 Å². The van der Waals surface area contributed by atoms with Gasteiger partial charge in [-0.15, -0.1) is 0 Å². The van der Waals surface area contributed by atoms with Crippen LogP contribution in [0.15, 0.2) is 110 Å². The van der Waals surface area contributed by atoms with Gasteiger partial charge in [0.1, 0.15) is 11.3 Å². The molecule has 1 radical (unpaired) electrons. The van der Waals surface area contributed by atoms with Gasteiger partial charge in [0.05, 0.1) is 0 Å². The molecule has 0 unspecified atom stereocenters. The van der Waals surface area contributed by atoms with Gasteiger partial charge in [-0.25, -0.2) is 0 Å². The van der Waals surface area contributed by atoms with Crippen LogP contribution in [0.5, 0.6) is 17.2 Å².